The molecule has 3 nitrogen and oxygen atoms in total. The fraction of sp³-hybridized carbons (Fsp3) is 0.667. The summed E-state index contributed by atoms with van der Waals surface area (Å²) < 4.78 is 6.29. The van der Waals surface area contributed by atoms with Crippen LogP contribution in [0.5, 0.6) is 0 Å². The maximum atomic E-state index is 13.2. The first kappa shape index (κ1) is 44.1. The monoisotopic (exact) mass is 739 g/mol. The summed E-state index contributed by atoms with van der Waals surface area (Å²) in [6, 6.07) is 0. The topological polar surface area (TPSA) is 46.5 Å². The number of unbranched alkanes of at least 4 members (excludes halogenated alkanes) is 7. The summed E-state index contributed by atoms with van der Waals surface area (Å²) in [5.41, 5.74) is 1.46. The first-order valence-corrected chi connectivity index (χ1v) is 22.3. The minimum Gasteiger partial charge on any atom is -0.458 e. The molecule has 10 atom stereocenters. The van der Waals surface area contributed by atoms with Crippen molar-refractivity contribution in [2.24, 2.45) is 52.3 Å². The third kappa shape index (κ3) is 11.7. The molecule has 0 radical (unpaired) electrons. The van der Waals surface area contributed by atoms with Crippen molar-refractivity contribution in [3.63, 3.8) is 0 Å². The van der Waals surface area contributed by atoms with Crippen LogP contribution in [0.1, 0.15) is 151 Å². The van der Waals surface area contributed by atoms with E-state index in [0.29, 0.717) is 53.8 Å². The molecule has 0 aromatic rings. The van der Waals surface area contributed by atoms with E-state index in [1.807, 2.05) is 36.5 Å². The van der Waals surface area contributed by atoms with Crippen molar-refractivity contribution >= 4 is 5.97 Å². The van der Waals surface area contributed by atoms with E-state index < -0.39 is 6.10 Å². The third-order valence-corrected chi connectivity index (χ3v) is 14.4. The Labute approximate surface area is 332 Å². The van der Waals surface area contributed by atoms with E-state index in [9.17, 15) is 9.90 Å². The second kappa shape index (κ2) is 22.2. The minimum atomic E-state index is -0.461. The highest BCUT2D eigenvalue weighted by Crippen LogP contribution is 2.67. The van der Waals surface area contributed by atoms with Gasteiger partial charge in [-0.25, -0.2) is 4.79 Å². The van der Waals surface area contributed by atoms with Crippen molar-refractivity contribution in [3.8, 4) is 0 Å². The van der Waals surface area contributed by atoms with Crippen LogP contribution in [0.3, 0.4) is 0 Å². The lowest BCUT2D eigenvalue weighted by Gasteiger charge is -2.59. The minimum absolute atomic E-state index is 0.217. The third-order valence-electron chi connectivity index (χ3n) is 14.4. The number of allylic oxidation sites excluding steroid dienone is 14. The summed E-state index contributed by atoms with van der Waals surface area (Å²) in [6.07, 6.45) is 49.6. The van der Waals surface area contributed by atoms with Crippen LogP contribution in [0.15, 0.2) is 96.7 Å². The Hall–Kier alpha value is -2.65. The fourth-order valence-electron chi connectivity index (χ4n) is 11.3. The van der Waals surface area contributed by atoms with Crippen LogP contribution < -0.4 is 0 Å². The van der Waals surface area contributed by atoms with Crippen molar-refractivity contribution in [1.29, 1.82) is 0 Å². The van der Waals surface area contributed by atoms with Crippen LogP contribution in [0.25, 0.3) is 0 Å². The van der Waals surface area contributed by atoms with Gasteiger partial charge in [-0.15, -0.1) is 0 Å². The Morgan fingerprint density at radius 1 is 0.833 bits per heavy atom. The lowest BCUT2D eigenvalue weighted by Crippen LogP contribution is -2.56. The molecule has 4 aliphatic carbocycles. The Kier molecular flexibility index (Phi) is 18.1. The summed E-state index contributed by atoms with van der Waals surface area (Å²) in [5, 5.41) is 10.9. The summed E-state index contributed by atoms with van der Waals surface area (Å²) in [6.45, 7) is 16.7. The highest BCUT2D eigenvalue weighted by molar-refractivity contribution is 5.82. The first-order chi connectivity index (χ1) is 26.1. The number of aliphatic hydroxyl groups excluding tert-OH is 1. The lowest BCUT2D eigenvalue weighted by atomic mass is 9.46. The molecule has 1 unspecified atom stereocenters. The summed E-state index contributed by atoms with van der Waals surface area (Å²) in [7, 11) is 0. The van der Waals surface area contributed by atoms with Crippen LogP contribution in [-0.2, 0) is 9.53 Å². The van der Waals surface area contributed by atoms with E-state index >= 15 is 0 Å². The number of hydrogen-bond acceptors (Lipinski definition) is 3. The quantitative estimate of drug-likeness (QED) is 0.0445. The Bertz CT molecular complexity index is 1390. The highest BCUT2D eigenvalue weighted by Gasteiger charge is 2.61. The highest BCUT2D eigenvalue weighted by atomic mass is 16.5. The van der Waals surface area contributed by atoms with Crippen molar-refractivity contribution < 1.29 is 14.6 Å². The zero-order valence-corrected chi connectivity index (χ0v) is 35.4. The molecule has 0 amide bonds. The number of carbonyl (C=O) groups is 1. The molecule has 0 heterocycles. The zero-order chi connectivity index (χ0) is 39.0. The number of hydrogen-bond donors (Lipinski definition) is 1. The molecule has 300 valence electrons. The SMILES string of the molecule is CCCCCCCCC/C=C/C=C/C=C/C=C/C=C/C=C/C(=O)OC1C[C@@H](O)CC2=CC[C@H]3[C@@H]4CC[C@H]([C@H](C)/C=C/[C@H](CC)C(C)C)[C@@]4(C)CC[C@@H]3[C@]21C. The molecule has 54 heavy (non-hydrogen) atoms. The average Bonchev–Trinajstić information content (AvgIpc) is 3.50. The molecule has 0 aliphatic heterocycles. The molecule has 4 rings (SSSR count). The molecule has 3 fully saturated rings. The van der Waals surface area contributed by atoms with E-state index in [0.717, 1.165) is 18.8 Å². The maximum Gasteiger partial charge on any atom is 0.331 e. The standard InChI is InChI=1S/C51H78O3/c1-8-10-11-12-13-14-15-16-17-18-19-20-21-22-23-24-25-26-27-28-49(53)54-48-38-43(52)37-42-31-32-44-46-34-33-45(40(5)29-30-41(9-2)39(3)4)50(46,6)36-35-47(44)51(42,48)7/h17-31,39-41,43-48,52H,8-16,32-38H2,1-7H3/b18-17+,20-19+,22-21+,24-23+,26-25+,28-27+,30-29+/t40-,41+,43+,44+,45-,46+,47+,48?,50-,51+/m1/s1. The van der Waals surface area contributed by atoms with Crippen LogP contribution in [-0.4, -0.2) is 23.3 Å². The molecule has 0 aromatic carbocycles. The fourth-order valence-corrected chi connectivity index (χ4v) is 11.3. The second-order valence-corrected chi connectivity index (χ2v) is 18.2. The lowest BCUT2D eigenvalue weighted by molar-refractivity contribution is -0.163. The van der Waals surface area contributed by atoms with Crippen LogP contribution in [0.4, 0.5) is 0 Å². The van der Waals surface area contributed by atoms with Gasteiger partial charge < -0.3 is 9.84 Å². The number of esters is 1. The van der Waals surface area contributed by atoms with Crippen LogP contribution >= 0.6 is 0 Å². The summed E-state index contributed by atoms with van der Waals surface area (Å²) >= 11 is 0. The molecule has 0 saturated heterocycles. The van der Waals surface area contributed by atoms with Crippen molar-refractivity contribution in [2.45, 2.75) is 163 Å². The molecule has 3 heteroatoms. The first-order valence-electron chi connectivity index (χ1n) is 22.3. The summed E-state index contributed by atoms with van der Waals surface area (Å²) in [4.78, 5) is 13.2. The van der Waals surface area contributed by atoms with Gasteiger partial charge in [-0.1, -0.05) is 178 Å². The van der Waals surface area contributed by atoms with E-state index in [1.165, 1.54) is 88.7 Å². The van der Waals surface area contributed by atoms with Gasteiger partial charge in [0.05, 0.1) is 6.10 Å². The van der Waals surface area contributed by atoms with E-state index in [2.05, 4.69) is 91.0 Å². The van der Waals surface area contributed by atoms with Crippen molar-refractivity contribution in [2.75, 3.05) is 0 Å². The molecular weight excluding hydrogens is 661 g/mol. The number of ether oxygens (including phenoxy) is 1. The Balaban J connectivity index is 1.27. The van der Waals surface area contributed by atoms with Gasteiger partial charge in [-0.05, 0) is 105 Å². The molecule has 0 aromatic heterocycles. The predicted octanol–water partition coefficient (Wildman–Crippen LogP) is 13.8. The van der Waals surface area contributed by atoms with Gasteiger partial charge >= 0.3 is 5.97 Å². The molecule has 0 bridgehead atoms. The van der Waals surface area contributed by atoms with Gasteiger partial charge in [-0.2, -0.15) is 0 Å². The second-order valence-electron chi connectivity index (χ2n) is 18.2. The smallest absolute Gasteiger partial charge is 0.331 e. The Morgan fingerprint density at radius 3 is 2.15 bits per heavy atom. The molecular formula is C51H78O3. The van der Waals surface area contributed by atoms with Gasteiger partial charge in [-0.3, -0.25) is 0 Å². The van der Waals surface area contributed by atoms with E-state index in [1.54, 1.807) is 6.08 Å². The largest absolute Gasteiger partial charge is 0.458 e. The van der Waals surface area contributed by atoms with Crippen molar-refractivity contribution in [1.82, 2.24) is 0 Å². The normalized spacial score (nSPS) is 32.8. The van der Waals surface area contributed by atoms with Gasteiger partial charge in [0.2, 0.25) is 0 Å². The summed E-state index contributed by atoms with van der Waals surface area (Å²) in [5.74, 6) is 4.15. The number of fused-ring (bicyclic) bond motifs is 5. The van der Waals surface area contributed by atoms with Gasteiger partial charge in [0.15, 0.2) is 0 Å². The van der Waals surface area contributed by atoms with Crippen LogP contribution in [0.2, 0.25) is 0 Å². The molecule has 3 saturated carbocycles. The zero-order valence-electron chi connectivity index (χ0n) is 35.4. The van der Waals surface area contributed by atoms with Crippen molar-refractivity contribution in [3.05, 3.63) is 96.7 Å². The predicted molar refractivity (Wildman–Crippen MR) is 231 cm³/mol. The molecule has 0 spiro atoms. The molecule has 4 aliphatic rings. The maximum absolute atomic E-state index is 13.2. The van der Waals surface area contributed by atoms with E-state index in [4.69, 9.17) is 4.74 Å². The van der Waals surface area contributed by atoms with Gasteiger partial charge in [0.1, 0.15) is 6.10 Å². The molecule has 1 N–H and O–H groups in total. The number of aliphatic hydroxyl groups is 1. The number of rotatable bonds is 20. The van der Waals surface area contributed by atoms with Gasteiger partial charge in [0, 0.05) is 17.9 Å². The Morgan fingerprint density at radius 2 is 1.48 bits per heavy atom. The number of carbonyl (C=O) groups excluding carboxylic acids is 1. The van der Waals surface area contributed by atoms with E-state index in [-0.39, 0.29) is 17.5 Å². The average molecular weight is 739 g/mol. The van der Waals surface area contributed by atoms with Gasteiger partial charge in [0.25, 0.3) is 0 Å². The van der Waals surface area contributed by atoms with Crippen LogP contribution in [0, 0.1) is 52.3 Å².